The first-order valence-electron chi connectivity index (χ1n) is 10.7. The van der Waals surface area contributed by atoms with Crippen LogP contribution in [0.5, 0.6) is 0 Å². The van der Waals surface area contributed by atoms with Crippen LogP contribution in [0.15, 0.2) is 29.3 Å². The van der Waals surface area contributed by atoms with Crippen LogP contribution in [0.25, 0.3) is 0 Å². The first kappa shape index (κ1) is 24.9. The van der Waals surface area contributed by atoms with Gasteiger partial charge in [-0.25, -0.2) is 0 Å². The maximum absolute atomic E-state index is 12.3. The number of amides is 1. The Kier molecular flexibility index (Phi) is 10.3. The van der Waals surface area contributed by atoms with Crippen LogP contribution < -0.4 is 16.0 Å². The van der Waals surface area contributed by atoms with E-state index in [0.717, 1.165) is 62.3 Å². The normalized spacial score (nSPS) is 21.9. The summed E-state index contributed by atoms with van der Waals surface area (Å²) in [6.45, 7) is 2.89. The number of aliphatic hydroxyl groups is 1. The number of aliphatic imine (C=N–C) groups is 1. The molecule has 168 valence electrons. The molecule has 1 heterocycles. The first-order chi connectivity index (χ1) is 14.1. The fourth-order valence-corrected chi connectivity index (χ4v) is 4.18. The molecule has 0 bridgehead atoms. The van der Waals surface area contributed by atoms with Crippen molar-refractivity contribution in [2.75, 3.05) is 38.7 Å². The van der Waals surface area contributed by atoms with Crippen LogP contribution in [-0.2, 0) is 16.1 Å². The van der Waals surface area contributed by atoms with Crippen LogP contribution in [0.4, 0.5) is 5.69 Å². The third-order valence-corrected chi connectivity index (χ3v) is 6.06. The number of aliphatic hydroxyl groups excluding tert-OH is 1. The van der Waals surface area contributed by atoms with Gasteiger partial charge in [0.1, 0.15) is 0 Å². The molecule has 1 aromatic rings. The Bertz CT molecular complexity index is 701. The highest BCUT2D eigenvalue weighted by molar-refractivity contribution is 14.0. The molecule has 3 rings (SSSR count). The second-order valence-electron chi connectivity index (χ2n) is 8.23. The summed E-state index contributed by atoms with van der Waals surface area (Å²) >= 11 is 0. The van der Waals surface area contributed by atoms with E-state index < -0.39 is 0 Å². The Balaban J connectivity index is 0.00000320. The van der Waals surface area contributed by atoms with Crippen molar-refractivity contribution in [3.63, 3.8) is 0 Å². The number of halogens is 1. The Hall–Kier alpha value is -1.39. The molecule has 1 aliphatic heterocycles. The van der Waals surface area contributed by atoms with Gasteiger partial charge in [0.2, 0.25) is 5.91 Å². The summed E-state index contributed by atoms with van der Waals surface area (Å²) in [5.41, 5.74) is 1.89. The fraction of sp³-hybridized carbons (Fsp3) is 0.636. The monoisotopic (exact) mass is 530 g/mol. The van der Waals surface area contributed by atoms with Gasteiger partial charge in [-0.15, -0.1) is 24.0 Å². The van der Waals surface area contributed by atoms with Crippen molar-refractivity contribution >= 4 is 41.5 Å². The molecule has 1 atom stereocenters. The van der Waals surface area contributed by atoms with Gasteiger partial charge in [0.05, 0.1) is 6.61 Å². The maximum atomic E-state index is 12.3. The van der Waals surface area contributed by atoms with E-state index in [1.54, 1.807) is 7.05 Å². The summed E-state index contributed by atoms with van der Waals surface area (Å²) in [5.74, 6) is 1.01. The lowest BCUT2D eigenvalue weighted by molar-refractivity contribution is -0.119. The van der Waals surface area contributed by atoms with Gasteiger partial charge in [-0.3, -0.25) is 9.79 Å². The topological polar surface area (TPSA) is 95.0 Å². The van der Waals surface area contributed by atoms with Gasteiger partial charge < -0.3 is 25.8 Å². The van der Waals surface area contributed by atoms with Crippen molar-refractivity contribution in [1.82, 2.24) is 10.6 Å². The molecule has 4 N–H and O–H groups in total. The molecule has 7 nitrogen and oxygen atoms in total. The molecular formula is C22H35IN4O3. The number of guanidine groups is 1. The van der Waals surface area contributed by atoms with E-state index in [9.17, 15) is 9.90 Å². The molecule has 1 unspecified atom stereocenters. The Morgan fingerprint density at radius 3 is 2.77 bits per heavy atom. The second kappa shape index (κ2) is 12.5. The molecule has 30 heavy (non-hydrogen) atoms. The van der Waals surface area contributed by atoms with E-state index >= 15 is 0 Å². The molecule has 1 saturated heterocycles. The van der Waals surface area contributed by atoms with Crippen molar-refractivity contribution in [1.29, 1.82) is 0 Å². The van der Waals surface area contributed by atoms with E-state index in [0.29, 0.717) is 19.7 Å². The second-order valence-corrected chi connectivity index (χ2v) is 8.23. The number of hydrogen-bond acceptors (Lipinski definition) is 4. The Morgan fingerprint density at radius 2 is 2.10 bits per heavy atom. The van der Waals surface area contributed by atoms with Gasteiger partial charge in [0, 0.05) is 50.4 Å². The third-order valence-electron chi connectivity index (χ3n) is 6.06. The minimum atomic E-state index is -0.0309. The van der Waals surface area contributed by atoms with Crippen molar-refractivity contribution in [2.45, 2.75) is 45.1 Å². The highest BCUT2D eigenvalue weighted by Crippen LogP contribution is 2.31. The van der Waals surface area contributed by atoms with Gasteiger partial charge in [-0.2, -0.15) is 0 Å². The van der Waals surface area contributed by atoms with E-state index in [1.807, 2.05) is 24.3 Å². The van der Waals surface area contributed by atoms with Gasteiger partial charge in [0.25, 0.3) is 0 Å². The van der Waals surface area contributed by atoms with Gasteiger partial charge in [-0.05, 0) is 43.4 Å². The Morgan fingerprint density at radius 1 is 1.30 bits per heavy atom. The third kappa shape index (κ3) is 7.09. The van der Waals surface area contributed by atoms with Crippen molar-refractivity contribution in [3.8, 4) is 0 Å². The average Bonchev–Trinajstić information content (AvgIpc) is 3.41. The fourth-order valence-electron chi connectivity index (χ4n) is 4.18. The van der Waals surface area contributed by atoms with E-state index in [1.165, 1.54) is 0 Å². The number of carbonyl (C=O) groups is 1. The lowest BCUT2D eigenvalue weighted by Crippen LogP contribution is -2.44. The first-order valence-corrected chi connectivity index (χ1v) is 10.7. The maximum Gasteiger partial charge on any atom is 0.227 e. The molecule has 8 heteroatoms. The molecule has 1 amide bonds. The number of rotatable bonds is 8. The molecule has 1 aliphatic carbocycles. The summed E-state index contributed by atoms with van der Waals surface area (Å²) in [6, 6.07) is 7.93. The standard InChI is InChI=1S/C22H34N4O3.HI/c1-23-21(25-15-22(9-11-27)10-12-29-16-22)24-14-17-5-4-8-19(13-17)26-20(28)18-6-2-3-7-18;/h4-5,8,13,18,27H,2-3,6-7,9-12,14-16H2,1H3,(H,26,28)(H2,23,24,25);1H. The smallest absolute Gasteiger partial charge is 0.227 e. The van der Waals surface area contributed by atoms with Crippen LogP contribution in [0.2, 0.25) is 0 Å². The predicted octanol–water partition coefficient (Wildman–Crippen LogP) is 2.89. The SMILES string of the molecule is CN=C(NCc1cccc(NC(=O)C2CCCC2)c1)NCC1(CCO)CCOC1.I. The van der Waals surface area contributed by atoms with Crippen LogP contribution >= 0.6 is 24.0 Å². The largest absolute Gasteiger partial charge is 0.396 e. The number of carbonyl (C=O) groups excluding carboxylic acids is 1. The van der Waals surface area contributed by atoms with Crippen LogP contribution in [0.1, 0.15) is 44.1 Å². The van der Waals surface area contributed by atoms with Gasteiger partial charge in [-0.1, -0.05) is 25.0 Å². The van der Waals surface area contributed by atoms with Crippen LogP contribution in [0, 0.1) is 11.3 Å². The zero-order valence-electron chi connectivity index (χ0n) is 17.8. The summed E-state index contributed by atoms with van der Waals surface area (Å²) < 4.78 is 5.54. The van der Waals surface area contributed by atoms with E-state index in [-0.39, 0.29) is 47.8 Å². The van der Waals surface area contributed by atoms with Crippen molar-refractivity contribution < 1.29 is 14.6 Å². The molecular weight excluding hydrogens is 495 g/mol. The number of benzene rings is 1. The molecule has 2 aliphatic rings. The lowest BCUT2D eigenvalue weighted by Gasteiger charge is -2.27. The zero-order valence-corrected chi connectivity index (χ0v) is 20.1. The lowest BCUT2D eigenvalue weighted by atomic mass is 9.84. The summed E-state index contributed by atoms with van der Waals surface area (Å²) in [5, 5.41) is 19.1. The minimum absolute atomic E-state index is 0. The highest BCUT2D eigenvalue weighted by atomic mass is 127. The minimum Gasteiger partial charge on any atom is -0.396 e. The summed E-state index contributed by atoms with van der Waals surface area (Å²) in [6.07, 6.45) is 5.97. The molecule has 2 fully saturated rings. The highest BCUT2D eigenvalue weighted by Gasteiger charge is 2.34. The molecule has 0 spiro atoms. The molecule has 1 saturated carbocycles. The molecule has 0 radical (unpaired) electrons. The zero-order chi connectivity index (χ0) is 20.5. The van der Waals surface area contributed by atoms with Crippen molar-refractivity contribution in [3.05, 3.63) is 29.8 Å². The average molecular weight is 530 g/mol. The van der Waals surface area contributed by atoms with E-state index in [2.05, 4.69) is 20.9 Å². The van der Waals surface area contributed by atoms with Crippen molar-refractivity contribution in [2.24, 2.45) is 16.3 Å². The van der Waals surface area contributed by atoms with Gasteiger partial charge >= 0.3 is 0 Å². The van der Waals surface area contributed by atoms with Crippen LogP contribution in [-0.4, -0.2) is 50.4 Å². The summed E-state index contributed by atoms with van der Waals surface area (Å²) in [4.78, 5) is 16.6. The number of ether oxygens (including phenoxy) is 1. The number of nitrogens with zero attached hydrogens (tertiary/aromatic N) is 1. The predicted molar refractivity (Wildman–Crippen MR) is 130 cm³/mol. The number of hydrogen-bond donors (Lipinski definition) is 4. The Labute approximate surface area is 196 Å². The molecule has 1 aromatic carbocycles. The number of anilines is 1. The quantitative estimate of drug-likeness (QED) is 0.236. The van der Waals surface area contributed by atoms with Crippen LogP contribution in [0.3, 0.4) is 0 Å². The number of nitrogens with one attached hydrogen (secondary N) is 3. The van der Waals surface area contributed by atoms with E-state index in [4.69, 9.17) is 4.74 Å². The summed E-state index contributed by atoms with van der Waals surface area (Å²) in [7, 11) is 1.75. The molecule has 0 aromatic heterocycles. The van der Waals surface area contributed by atoms with Gasteiger partial charge in [0.15, 0.2) is 5.96 Å².